The van der Waals surface area contributed by atoms with Crippen molar-refractivity contribution in [1.82, 2.24) is 4.57 Å². The number of halogens is 1. The molecule has 0 spiro atoms. The molecule has 0 aliphatic rings. The molecule has 0 aliphatic carbocycles. The number of carboxylic acids is 1. The van der Waals surface area contributed by atoms with E-state index in [1.807, 2.05) is 47.2 Å². The summed E-state index contributed by atoms with van der Waals surface area (Å²) in [4.78, 5) is 33.4. The van der Waals surface area contributed by atoms with Crippen LogP contribution in [0.2, 0.25) is 5.02 Å². The van der Waals surface area contributed by atoms with E-state index in [0.29, 0.717) is 5.02 Å². The van der Waals surface area contributed by atoms with Crippen molar-refractivity contribution in [2.75, 3.05) is 0 Å². The zero-order chi connectivity index (χ0) is 18.7. The van der Waals surface area contributed by atoms with Crippen molar-refractivity contribution in [3.63, 3.8) is 0 Å². The Bertz CT molecular complexity index is 1030. The molecular weight excluding hydrogens is 354 g/mol. The van der Waals surface area contributed by atoms with Crippen molar-refractivity contribution in [3.8, 4) is 5.69 Å². The highest BCUT2D eigenvalue weighted by atomic mass is 35.5. The minimum atomic E-state index is -1.61. The Morgan fingerprint density at radius 1 is 1.04 bits per heavy atom. The number of aliphatic carboxylic acids is 1. The standard InChI is InChI=1S/C20H14ClNO4/c21-14-6-8-15(9-7-14)22-12-13(17-3-1-2-4-18(17)22)5-10-16(23)11-19(24)20(25)26/h1-10,12H,11H2,(H,25,26)/b10-5+. The van der Waals surface area contributed by atoms with Gasteiger partial charge < -0.3 is 9.67 Å². The number of carbonyl (C=O) groups is 3. The topological polar surface area (TPSA) is 76.4 Å². The summed E-state index contributed by atoms with van der Waals surface area (Å²) in [5.74, 6) is -3.28. The first-order chi connectivity index (χ1) is 12.5. The molecule has 3 aromatic rings. The molecule has 6 heteroatoms. The molecule has 0 saturated heterocycles. The van der Waals surface area contributed by atoms with Crippen molar-refractivity contribution >= 4 is 46.1 Å². The van der Waals surface area contributed by atoms with Crippen molar-refractivity contribution in [2.45, 2.75) is 6.42 Å². The van der Waals surface area contributed by atoms with Gasteiger partial charge in [0, 0.05) is 27.9 Å². The summed E-state index contributed by atoms with van der Waals surface area (Å²) in [5, 5.41) is 10.1. The number of aromatic nitrogens is 1. The molecule has 0 radical (unpaired) electrons. The van der Waals surface area contributed by atoms with E-state index in [1.54, 1.807) is 18.2 Å². The Balaban J connectivity index is 1.96. The number of Topliss-reactive ketones (excluding diaryl/α,β-unsaturated/α-hetero) is 1. The molecule has 26 heavy (non-hydrogen) atoms. The highest BCUT2D eigenvalue weighted by molar-refractivity contribution is 6.37. The first-order valence-electron chi connectivity index (χ1n) is 7.79. The highest BCUT2D eigenvalue weighted by Crippen LogP contribution is 2.26. The van der Waals surface area contributed by atoms with Gasteiger partial charge in [-0.2, -0.15) is 0 Å². The van der Waals surface area contributed by atoms with Gasteiger partial charge in [-0.15, -0.1) is 0 Å². The molecule has 2 aromatic carbocycles. The van der Waals surface area contributed by atoms with Crippen LogP contribution in [0.25, 0.3) is 22.7 Å². The quantitative estimate of drug-likeness (QED) is 0.407. The van der Waals surface area contributed by atoms with Crippen LogP contribution < -0.4 is 0 Å². The fraction of sp³-hybridized carbons (Fsp3) is 0.0500. The monoisotopic (exact) mass is 367 g/mol. The molecule has 5 nitrogen and oxygen atoms in total. The normalized spacial score (nSPS) is 11.1. The summed E-state index contributed by atoms with van der Waals surface area (Å²) in [6.07, 6.45) is 4.04. The number of para-hydroxylation sites is 1. The zero-order valence-corrected chi connectivity index (χ0v) is 14.3. The summed E-state index contributed by atoms with van der Waals surface area (Å²) in [7, 11) is 0. The maximum absolute atomic E-state index is 11.8. The van der Waals surface area contributed by atoms with Crippen molar-refractivity contribution in [1.29, 1.82) is 0 Å². The molecule has 0 saturated carbocycles. The van der Waals surface area contributed by atoms with E-state index < -0.39 is 24.0 Å². The van der Waals surface area contributed by atoms with Gasteiger partial charge in [-0.05, 0) is 42.5 Å². The van der Waals surface area contributed by atoms with Crippen LogP contribution in [0.3, 0.4) is 0 Å². The summed E-state index contributed by atoms with van der Waals surface area (Å²) < 4.78 is 1.97. The number of nitrogens with zero attached hydrogens (tertiary/aromatic N) is 1. The number of rotatable bonds is 6. The molecular formula is C20H14ClNO4. The van der Waals surface area contributed by atoms with Crippen molar-refractivity contribution < 1.29 is 19.5 Å². The van der Waals surface area contributed by atoms with Gasteiger partial charge in [0.05, 0.1) is 11.9 Å². The first kappa shape index (κ1) is 17.6. The molecule has 0 bridgehead atoms. The zero-order valence-electron chi connectivity index (χ0n) is 13.6. The Labute approximate surface area is 154 Å². The first-order valence-corrected chi connectivity index (χ1v) is 8.16. The number of fused-ring (bicyclic) bond motifs is 1. The predicted octanol–water partition coefficient (Wildman–Crippen LogP) is 3.91. The Morgan fingerprint density at radius 2 is 1.73 bits per heavy atom. The summed E-state index contributed by atoms with van der Waals surface area (Å²) >= 11 is 5.94. The van der Waals surface area contributed by atoms with Crippen LogP contribution in [0.5, 0.6) is 0 Å². The third kappa shape index (κ3) is 3.73. The fourth-order valence-corrected chi connectivity index (χ4v) is 2.76. The largest absolute Gasteiger partial charge is 0.475 e. The van der Waals surface area contributed by atoms with E-state index in [4.69, 9.17) is 16.7 Å². The van der Waals surface area contributed by atoms with E-state index in [0.717, 1.165) is 22.2 Å². The fourth-order valence-electron chi connectivity index (χ4n) is 2.63. The number of hydrogen-bond acceptors (Lipinski definition) is 3. The summed E-state index contributed by atoms with van der Waals surface area (Å²) in [6, 6.07) is 15.0. The van der Waals surface area contributed by atoms with Gasteiger partial charge in [-0.1, -0.05) is 29.8 Å². The Hall–Kier alpha value is -3.18. The second-order valence-corrected chi connectivity index (χ2v) is 6.09. The summed E-state index contributed by atoms with van der Waals surface area (Å²) in [6.45, 7) is 0. The Morgan fingerprint density at radius 3 is 2.42 bits per heavy atom. The molecule has 1 heterocycles. The van der Waals surface area contributed by atoms with Gasteiger partial charge in [0.2, 0.25) is 5.78 Å². The number of carboxylic acid groups (broad SMARTS) is 1. The molecule has 0 amide bonds. The molecule has 0 atom stereocenters. The van der Waals surface area contributed by atoms with Gasteiger partial charge >= 0.3 is 5.97 Å². The minimum Gasteiger partial charge on any atom is -0.475 e. The van der Waals surface area contributed by atoms with Crippen LogP contribution in [0.15, 0.2) is 60.8 Å². The van der Waals surface area contributed by atoms with Crippen molar-refractivity contribution in [3.05, 3.63) is 71.4 Å². The van der Waals surface area contributed by atoms with Gasteiger partial charge in [-0.25, -0.2) is 4.79 Å². The lowest BCUT2D eigenvalue weighted by Gasteiger charge is -2.04. The average molecular weight is 368 g/mol. The molecule has 0 fully saturated rings. The highest BCUT2D eigenvalue weighted by Gasteiger charge is 2.15. The van der Waals surface area contributed by atoms with Gasteiger partial charge in [0.1, 0.15) is 0 Å². The van der Waals surface area contributed by atoms with E-state index in [1.165, 1.54) is 6.08 Å². The molecule has 0 aliphatic heterocycles. The molecule has 130 valence electrons. The van der Waals surface area contributed by atoms with Crippen LogP contribution in [-0.4, -0.2) is 27.2 Å². The third-order valence-electron chi connectivity index (χ3n) is 3.87. The Kier molecular flexibility index (Phi) is 5.00. The van der Waals surface area contributed by atoms with Crippen LogP contribution in [0.1, 0.15) is 12.0 Å². The lowest BCUT2D eigenvalue weighted by Crippen LogP contribution is -2.15. The number of allylic oxidation sites excluding steroid dienone is 1. The van der Waals surface area contributed by atoms with Gasteiger partial charge in [-0.3, -0.25) is 9.59 Å². The number of benzene rings is 2. The maximum atomic E-state index is 11.8. The third-order valence-corrected chi connectivity index (χ3v) is 4.12. The lowest BCUT2D eigenvalue weighted by molar-refractivity contribution is -0.149. The SMILES string of the molecule is O=C(/C=C/c1cn(-c2ccc(Cl)cc2)c2ccccc12)CC(=O)C(=O)O. The molecule has 1 aromatic heterocycles. The van der Waals surface area contributed by atoms with Crippen LogP contribution in [0.4, 0.5) is 0 Å². The van der Waals surface area contributed by atoms with E-state index in [9.17, 15) is 14.4 Å². The second kappa shape index (κ2) is 7.37. The lowest BCUT2D eigenvalue weighted by atomic mass is 10.1. The van der Waals surface area contributed by atoms with Gasteiger partial charge in [0.25, 0.3) is 0 Å². The second-order valence-electron chi connectivity index (χ2n) is 5.65. The van der Waals surface area contributed by atoms with Gasteiger partial charge in [0.15, 0.2) is 5.78 Å². The predicted molar refractivity (Wildman–Crippen MR) is 99.6 cm³/mol. The molecule has 3 rings (SSSR count). The molecule has 0 unspecified atom stereocenters. The van der Waals surface area contributed by atoms with Crippen LogP contribution in [0, 0.1) is 0 Å². The van der Waals surface area contributed by atoms with E-state index in [-0.39, 0.29) is 0 Å². The smallest absolute Gasteiger partial charge is 0.372 e. The maximum Gasteiger partial charge on any atom is 0.372 e. The van der Waals surface area contributed by atoms with E-state index in [2.05, 4.69) is 0 Å². The van der Waals surface area contributed by atoms with Crippen LogP contribution in [-0.2, 0) is 14.4 Å². The summed E-state index contributed by atoms with van der Waals surface area (Å²) in [5.41, 5.74) is 2.65. The average Bonchev–Trinajstić information content (AvgIpc) is 2.99. The van der Waals surface area contributed by atoms with E-state index >= 15 is 0 Å². The van der Waals surface area contributed by atoms with Crippen LogP contribution >= 0.6 is 11.6 Å². The minimum absolute atomic E-state index is 0.555. The number of ketones is 2. The number of carbonyl (C=O) groups excluding carboxylic acids is 2. The molecule has 1 N–H and O–H groups in total. The number of hydrogen-bond donors (Lipinski definition) is 1. The van der Waals surface area contributed by atoms with Crippen molar-refractivity contribution in [2.24, 2.45) is 0 Å².